The van der Waals surface area contributed by atoms with Crippen LogP contribution in [0.15, 0.2) is 10.3 Å². The molecule has 2 unspecified atom stereocenters. The van der Waals surface area contributed by atoms with E-state index >= 15 is 0 Å². The van der Waals surface area contributed by atoms with Crippen molar-refractivity contribution < 1.29 is 17.9 Å². The molecule has 0 saturated heterocycles. The first-order valence-corrected chi connectivity index (χ1v) is 9.65. The van der Waals surface area contributed by atoms with Crippen LogP contribution in [-0.2, 0) is 14.8 Å². The second-order valence-corrected chi connectivity index (χ2v) is 8.11. The number of thiophene rings is 1. The van der Waals surface area contributed by atoms with E-state index in [-0.39, 0.29) is 34.1 Å². The zero-order valence-corrected chi connectivity index (χ0v) is 15.7. The minimum absolute atomic E-state index is 0. The number of esters is 1. The average molecular weight is 383 g/mol. The summed E-state index contributed by atoms with van der Waals surface area (Å²) in [7, 11) is -2.53. The van der Waals surface area contributed by atoms with Gasteiger partial charge in [-0.15, -0.1) is 23.7 Å². The van der Waals surface area contributed by atoms with E-state index in [4.69, 9.17) is 5.73 Å². The van der Waals surface area contributed by atoms with E-state index in [9.17, 15) is 13.2 Å². The summed E-state index contributed by atoms with van der Waals surface area (Å²) in [6.45, 7) is 2.14. The SMILES string of the molecule is COC(=O)c1scc(C)c1S(=O)(=O)NC1CCCCC1CN.Cl. The summed E-state index contributed by atoms with van der Waals surface area (Å²) in [5.74, 6) is -0.485. The molecule has 23 heavy (non-hydrogen) atoms. The highest BCUT2D eigenvalue weighted by molar-refractivity contribution is 7.89. The molecular weight excluding hydrogens is 360 g/mol. The number of hydrogen-bond donors (Lipinski definition) is 2. The number of carbonyl (C=O) groups excluding carboxylic acids is 1. The Morgan fingerprint density at radius 2 is 2.09 bits per heavy atom. The molecule has 2 rings (SSSR count). The molecule has 2 atom stereocenters. The van der Waals surface area contributed by atoms with Crippen molar-refractivity contribution in [1.82, 2.24) is 4.72 Å². The molecule has 1 heterocycles. The van der Waals surface area contributed by atoms with Crippen molar-refractivity contribution in [3.8, 4) is 0 Å². The fraction of sp³-hybridized carbons (Fsp3) is 0.643. The van der Waals surface area contributed by atoms with E-state index in [1.54, 1.807) is 12.3 Å². The van der Waals surface area contributed by atoms with E-state index in [2.05, 4.69) is 9.46 Å². The Balaban J connectivity index is 0.00000264. The summed E-state index contributed by atoms with van der Waals surface area (Å²) >= 11 is 1.09. The number of nitrogens with one attached hydrogen (secondary N) is 1. The van der Waals surface area contributed by atoms with Crippen molar-refractivity contribution in [2.75, 3.05) is 13.7 Å². The lowest BCUT2D eigenvalue weighted by atomic mass is 9.85. The Kier molecular flexibility index (Phi) is 7.47. The molecule has 6 nitrogen and oxygen atoms in total. The van der Waals surface area contributed by atoms with E-state index in [1.807, 2.05) is 0 Å². The third-order valence-electron chi connectivity index (χ3n) is 4.08. The highest BCUT2D eigenvalue weighted by Crippen LogP contribution is 2.30. The van der Waals surface area contributed by atoms with Crippen LogP contribution in [0, 0.1) is 12.8 Å². The standard InChI is InChI=1S/C14H22N2O4S2.ClH/c1-9-8-21-12(14(17)20-2)13(9)22(18,19)16-11-6-4-3-5-10(11)7-15;/h8,10-11,16H,3-7,15H2,1-2H3;1H. The van der Waals surface area contributed by atoms with E-state index in [0.717, 1.165) is 37.0 Å². The summed E-state index contributed by atoms with van der Waals surface area (Å²) in [6, 6.07) is -0.173. The Bertz CT molecular complexity index is 645. The molecule has 0 aromatic carbocycles. The summed E-state index contributed by atoms with van der Waals surface area (Å²) in [6.07, 6.45) is 3.76. The van der Waals surface area contributed by atoms with Gasteiger partial charge in [0.25, 0.3) is 0 Å². The van der Waals surface area contributed by atoms with E-state index in [1.165, 1.54) is 7.11 Å². The maximum Gasteiger partial charge on any atom is 0.349 e. The third kappa shape index (κ3) is 4.45. The quantitative estimate of drug-likeness (QED) is 0.759. The molecule has 1 aromatic heterocycles. The van der Waals surface area contributed by atoms with Crippen molar-refractivity contribution in [2.24, 2.45) is 11.7 Å². The Labute approximate surface area is 147 Å². The van der Waals surface area contributed by atoms with Crippen LogP contribution in [0.3, 0.4) is 0 Å². The minimum Gasteiger partial charge on any atom is -0.465 e. The Morgan fingerprint density at radius 1 is 1.43 bits per heavy atom. The van der Waals surface area contributed by atoms with Crippen molar-refractivity contribution in [3.05, 3.63) is 15.8 Å². The van der Waals surface area contributed by atoms with Crippen molar-refractivity contribution in [1.29, 1.82) is 0 Å². The van der Waals surface area contributed by atoms with Crippen LogP contribution >= 0.6 is 23.7 Å². The molecule has 0 radical (unpaired) electrons. The molecule has 0 amide bonds. The molecule has 1 aliphatic carbocycles. The van der Waals surface area contributed by atoms with Gasteiger partial charge in [0.05, 0.1) is 7.11 Å². The number of rotatable bonds is 5. The van der Waals surface area contributed by atoms with Crippen LogP contribution in [0.2, 0.25) is 0 Å². The maximum atomic E-state index is 12.7. The van der Waals surface area contributed by atoms with Gasteiger partial charge in [-0.3, -0.25) is 0 Å². The number of halogens is 1. The summed E-state index contributed by atoms with van der Waals surface area (Å²) in [4.78, 5) is 11.9. The molecule has 0 bridgehead atoms. The van der Waals surface area contributed by atoms with Gasteiger partial charge in [-0.25, -0.2) is 17.9 Å². The molecule has 1 fully saturated rings. The summed E-state index contributed by atoms with van der Waals surface area (Å²) < 4.78 is 32.9. The fourth-order valence-corrected chi connectivity index (χ4v) is 5.95. The first-order valence-electron chi connectivity index (χ1n) is 7.29. The van der Waals surface area contributed by atoms with Gasteiger partial charge in [0.15, 0.2) is 0 Å². The highest BCUT2D eigenvalue weighted by Gasteiger charge is 2.33. The zero-order chi connectivity index (χ0) is 16.3. The second-order valence-electron chi connectivity index (χ2n) is 5.58. The van der Waals surface area contributed by atoms with Crippen LogP contribution in [0.1, 0.15) is 40.9 Å². The van der Waals surface area contributed by atoms with Gasteiger partial charge < -0.3 is 10.5 Å². The number of ether oxygens (including phenoxy) is 1. The van der Waals surface area contributed by atoms with Crippen molar-refractivity contribution >= 4 is 39.7 Å². The second kappa shape index (κ2) is 8.43. The van der Waals surface area contributed by atoms with E-state index < -0.39 is 16.0 Å². The number of carbonyl (C=O) groups is 1. The zero-order valence-electron chi connectivity index (χ0n) is 13.2. The molecule has 9 heteroatoms. The third-order valence-corrected chi connectivity index (χ3v) is 6.96. The van der Waals surface area contributed by atoms with Crippen LogP contribution in [0.25, 0.3) is 0 Å². The molecule has 132 valence electrons. The number of nitrogens with two attached hydrogens (primary N) is 1. The molecule has 1 saturated carbocycles. The molecule has 1 aliphatic rings. The summed E-state index contributed by atoms with van der Waals surface area (Å²) in [5, 5.41) is 1.65. The average Bonchev–Trinajstić information content (AvgIpc) is 2.89. The van der Waals surface area contributed by atoms with Gasteiger partial charge in [0.2, 0.25) is 10.0 Å². The van der Waals surface area contributed by atoms with Gasteiger partial charge in [-0.2, -0.15) is 0 Å². The van der Waals surface area contributed by atoms with Crippen LogP contribution in [0.5, 0.6) is 0 Å². The van der Waals surface area contributed by atoms with Gasteiger partial charge in [-0.1, -0.05) is 12.8 Å². The van der Waals surface area contributed by atoms with Crippen LogP contribution in [-0.4, -0.2) is 34.1 Å². The van der Waals surface area contributed by atoms with Crippen molar-refractivity contribution in [2.45, 2.75) is 43.5 Å². The lowest BCUT2D eigenvalue weighted by Gasteiger charge is -2.31. The molecule has 1 aromatic rings. The lowest BCUT2D eigenvalue weighted by molar-refractivity contribution is 0.0602. The first-order chi connectivity index (χ1) is 10.4. The Hall–Kier alpha value is -0.670. The maximum absolute atomic E-state index is 12.7. The molecule has 0 aliphatic heterocycles. The predicted molar refractivity (Wildman–Crippen MR) is 92.8 cm³/mol. The van der Waals surface area contributed by atoms with Gasteiger partial charge in [0.1, 0.15) is 9.77 Å². The smallest absolute Gasteiger partial charge is 0.349 e. The summed E-state index contributed by atoms with van der Waals surface area (Å²) in [5.41, 5.74) is 6.31. The van der Waals surface area contributed by atoms with Crippen LogP contribution < -0.4 is 10.5 Å². The van der Waals surface area contributed by atoms with E-state index in [0.29, 0.717) is 12.1 Å². The topological polar surface area (TPSA) is 98.5 Å². The molecule has 0 spiro atoms. The first kappa shape index (κ1) is 20.4. The number of methoxy groups -OCH3 is 1. The number of hydrogen-bond acceptors (Lipinski definition) is 6. The van der Waals surface area contributed by atoms with Crippen molar-refractivity contribution in [3.63, 3.8) is 0 Å². The van der Waals surface area contributed by atoms with Gasteiger partial charge in [0, 0.05) is 6.04 Å². The van der Waals surface area contributed by atoms with Gasteiger partial charge in [-0.05, 0) is 43.2 Å². The largest absolute Gasteiger partial charge is 0.465 e. The molecule has 3 N–H and O–H groups in total. The monoisotopic (exact) mass is 382 g/mol. The van der Waals surface area contributed by atoms with Gasteiger partial charge >= 0.3 is 5.97 Å². The Morgan fingerprint density at radius 3 is 2.70 bits per heavy atom. The fourth-order valence-electron chi connectivity index (χ4n) is 2.90. The molecular formula is C14H23ClN2O4S2. The minimum atomic E-state index is -3.77. The number of aryl methyl sites for hydroxylation is 1. The predicted octanol–water partition coefficient (Wildman–Crippen LogP) is 2.06. The highest BCUT2D eigenvalue weighted by atomic mass is 35.5. The number of sulfonamides is 1. The normalized spacial score (nSPS) is 21.5. The lowest BCUT2D eigenvalue weighted by Crippen LogP contribution is -2.44. The van der Waals surface area contributed by atoms with Crippen LogP contribution in [0.4, 0.5) is 0 Å².